The molecule has 1 atom stereocenters. The summed E-state index contributed by atoms with van der Waals surface area (Å²) in [6, 6.07) is 0. The van der Waals surface area contributed by atoms with Gasteiger partial charge in [-0.05, 0) is 83.5 Å². The normalized spacial score (nSPS) is 12.3. The molecule has 83 heavy (non-hydrogen) atoms. The Morgan fingerprint density at radius 1 is 0.241 bits per heavy atom. The predicted molar refractivity (Wildman–Crippen MR) is 362 cm³/mol. The molecule has 0 saturated carbocycles. The monoisotopic (exact) mass is 1160 g/mol. The van der Waals surface area contributed by atoms with Gasteiger partial charge in [0.1, 0.15) is 13.2 Å². The Hall–Kier alpha value is -2.63. The largest absolute Gasteiger partial charge is 0.462 e. The lowest BCUT2D eigenvalue weighted by Crippen LogP contribution is -2.30. The first-order chi connectivity index (χ1) is 41.0. The molecule has 0 N–H and O–H groups in total. The molecule has 0 fully saturated rings. The van der Waals surface area contributed by atoms with Gasteiger partial charge in [0.25, 0.3) is 0 Å². The molecule has 486 valence electrons. The molecule has 1 unspecified atom stereocenters. The van der Waals surface area contributed by atoms with Crippen molar-refractivity contribution >= 4 is 17.9 Å². The molecule has 0 radical (unpaired) electrons. The van der Waals surface area contributed by atoms with E-state index in [1.165, 1.54) is 283 Å². The molecule has 0 aliphatic rings. The molecular formula is C77H142O6. The van der Waals surface area contributed by atoms with Crippen LogP contribution in [0.15, 0.2) is 48.6 Å². The van der Waals surface area contributed by atoms with Gasteiger partial charge < -0.3 is 14.2 Å². The lowest BCUT2D eigenvalue weighted by molar-refractivity contribution is -0.167. The number of carbonyl (C=O) groups excluding carboxylic acids is 3. The highest BCUT2D eigenvalue weighted by Gasteiger charge is 2.19. The molecule has 6 heteroatoms. The molecule has 0 bridgehead atoms. The number of unbranched alkanes of at least 4 members (excludes halogenated alkanes) is 50. The molecule has 0 saturated heterocycles. The number of hydrogen-bond donors (Lipinski definition) is 0. The van der Waals surface area contributed by atoms with E-state index in [9.17, 15) is 14.4 Å². The molecule has 0 aromatic carbocycles. The van der Waals surface area contributed by atoms with Gasteiger partial charge in [0.05, 0.1) is 0 Å². The summed E-state index contributed by atoms with van der Waals surface area (Å²) in [6.07, 6.45) is 91.6. The van der Waals surface area contributed by atoms with Gasteiger partial charge in [-0.15, -0.1) is 0 Å². The summed E-state index contributed by atoms with van der Waals surface area (Å²) in [5.74, 6) is -0.873. The van der Waals surface area contributed by atoms with Crippen molar-refractivity contribution in [2.75, 3.05) is 13.2 Å². The number of rotatable bonds is 69. The Balaban J connectivity index is 4.22. The maximum absolute atomic E-state index is 13.0. The van der Waals surface area contributed by atoms with Crippen LogP contribution < -0.4 is 0 Å². The molecule has 6 nitrogen and oxygen atoms in total. The molecular weight excluding hydrogens is 1020 g/mol. The predicted octanol–water partition coefficient (Wildman–Crippen LogP) is 25.7. The number of hydrogen-bond acceptors (Lipinski definition) is 6. The summed E-state index contributed by atoms with van der Waals surface area (Å²) < 4.78 is 17.0. The second kappa shape index (κ2) is 71.8. The van der Waals surface area contributed by atoms with E-state index in [1.54, 1.807) is 0 Å². The summed E-state index contributed by atoms with van der Waals surface area (Å²) in [5.41, 5.74) is 0. The van der Waals surface area contributed by atoms with Crippen molar-refractivity contribution in [3.63, 3.8) is 0 Å². The van der Waals surface area contributed by atoms with Crippen molar-refractivity contribution in [2.24, 2.45) is 0 Å². The minimum atomic E-state index is -0.784. The number of ether oxygens (including phenoxy) is 3. The number of allylic oxidation sites excluding steroid dienone is 8. The van der Waals surface area contributed by atoms with E-state index in [0.717, 1.165) is 83.5 Å². The van der Waals surface area contributed by atoms with Crippen LogP contribution in [0, 0.1) is 0 Å². The van der Waals surface area contributed by atoms with E-state index in [1.807, 2.05) is 0 Å². The standard InChI is InChI=1S/C77H142O6/c1-4-7-10-13-16-19-22-25-28-30-32-34-35-36-37-38-39-40-41-42-44-45-47-49-52-55-58-61-64-67-70-76(79)82-73-74(72-81-75(78)69-66-63-60-57-54-51-27-24-21-18-15-12-9-6-3)83-77(80)71-68-65-62-59-56-53-50-48-46-43-33-31-29-26-23-20-17-14-11-8-5-2/h23-24,26-27,31,33,46,48,74H,4-22,25,28-30,32,34-45,47,49-73H2,1-3H3/b26-23-,27-24-,33-31-,48-46-. The van der Waals surface area contributed by atoms with Crippen molar-refractivity contribution in [1.82, 2.24) is 0 Å². The van der Waals surface area contributed by atoms with Gasteiger partial charge in [-0.3, -0.25) is 14.4 Å². The fourth-order valence-electron chi connectivity index (χ4n) is 11.2. The summed E-state index contributed by atoms with van der Waals surface area (Å²) in [4.78, 5) is 38.5. The van der Waals surface area contributed by atoms with Crippen molar-refractivity contribution < 1.29 is 28.6 Å². The minimum Gasteiger partial charge on any atom is -0.462 e. The van der Waals surface area contributed by atoms with Gasteiger partial charge in [-0.1, -0.05) is 352 Å². The van der Waals surface area contributed by atoms with Crippen molar-refractivity contribution in [2.45, 2.75) is 412 Å². The first-order valence-corrected chi connectivity index (χ1v) is 37.1. The first kappa shape index (κ1) is 80.4. The van der Waals surface area contributed by atoms with Crippen LogP contribution in [0.3, 0.4) is 0 Å². The molecule has 0 spiro atoms. The van der Waals surface area contributed by atoms with Crippen LogP contribution in [-0.2, 0) is 28.6 Å². The third kappa shape index (κ3) is 70.0. The lowest BCUT2D eigenvalue weighted by Gasteiger charge is -2.18. The topological polar surface area (TPSA) is 78.9 Å². The average molecular weight is 1160 g/mol. The van der Waals surface area contributed by atoms with Crippen LogP contribution in [0.1, 0.15) is 406 Å². The van der Waals surface area contributed by atoms with Crippen LogP contribution in [0.25, 0.3) is 0 Å². The first-order valence-electron chi connectivity index (χ1n) is 37.1. The van der Waals surface area contributed by atoms with E-state index < -0.39 is 6.10 Å². The molecule has 0 aliphatic heterocycles. The van der Waals surface area contributed by atoms with E-state index >= 15 is 0 Å². The van der Waals surface area contributed by atoms with Gasteiger partial charge in [0.2, 0.25) is 0 Å². The van der Waals surface area contributed by atoms with Crippen LogP contribution in [0.4, 0.5) is 0 Å². The third-order valence-corrected chi connectivity index (χ3v) is 16.8. The molecule has 0 aromatic rings. The fraction of sp³-hybridized carbons (Fsp3) is 0.857. The molecule has 0 aromatic heterocycles. The number of carbonyl (C=O) groups is 3. The summed E-state index contributed by atoms with van der Waals surface area (Å²) in [5, 5.41) is 0. The van der Waals surface area contributed by atoms with Crippen molar-refractivity contribution in [1.29, 1.82) is 0 Å². The van der Waals surface area contributed by atoms with Gasteiger partial charge in [0, 0.05) is 19.3 Å². The lowest BCUT2D eigenvalue weighted by atomic mass is 10.0. The van der Waals surface area contributed by atoms with Gasteiger partial charge in [-0.2, -0.15) is 0 Å². The van der Waals surface area contributed by atoms with Gasteiger partial charge in [-0.25, -0.2) is 0 Å². The zero-order chi connectivity index (χ0) is 59.9. The zero-order valence-corrected chi connectivity index (χ0v) is 56.0. The van der Waals surface area contributed by atoms with Gasteiger partial charge in [0.15, 0.2) is 6.10 Å². The summed E-state index contributed by atoms with van der Waals surface area (Å²) >= 11 is 0. The quantitative estimate of drug-likeness (QED) is 0.0261. The van der Waals surface area contributed by atoms with Crippen LogP contribution >= 0.6 is 0 Å². The second-order valence-corrected chi connectivity index (χ2v) is 25.2. The Morgan fingerprint density at radius 3 is 0.687 bits per heavy atom. The summed E-state index contributed by atoms with van der Waals surface area (Å²) in [7, 11) is 0. The third-order valence-electron chi connectivity index (χ3n) is 16.8. The maximum Gasteiger partial charge on any atom is 0.306 e. The number of esters is 3. The van der Waals surface area contributed by atoms with Crippen LogP contribution in [-0.4, -0.2) is 37.2 Å². The highest BCUT2D eigenvalue weighted by Crippen LogP contribution is 2.19. The van der Waals surface area contributed by atoms with Crippen molar-refractivity contribution in [3.8, 4) is 0 Å². The molecule has 0 rings (SSSR count). The summed E-state index contributed by atoms with van der Waals surface area (Å²) in [6.45, 7) is 6.67. The van der Waals surface area contributed by atoms with E-state index in [-0.39, 0.29) is 31.1 Å². The highest BCUT2D eigenvalue weighted by molar-refractivity contribution is 5.71. The SMILES string of the molecule is CCCCCCC/C=C\C/C=C\C/C=C\CCCCCCCCC(=O)OC(COC(=O)CCCCCCC/C=C\CCCCCCC)COC(=O)CCCCCCCCCCCCCCCCCCCCCCCCCCCCCCCC. The Kier molecular flexibility index (Phi) is 69.6. The Bertz CT molecular complexity index is 1430. The molecule has 0 amide bonds. The average Bonchev–Trinajstić information content (AvgIpc) is 3.49. The van der Waals surface area contributed by atoms with E-state index in [4.69, 9.17) is 14.2 Å². The van der Waals surface area contributed by atoms with E-state index in [2.05, 4.69) is 69.4 Å². The highest BCUT2D eigenvalue weighted by atomic mass is 16.6. The van der Waals surface area contributed by atoms with E-state index in [0.29, 0.717) is 19.3 Å². The Labute approximate surface area is 518 Å². The minimum absolute atomic E-state index is 0.0773. The smallest absolute Gasteiger partial charge is 0.306 e. The maximum atomic E-state index is 13.0. The molecule has 0 aliphatic carbocycles. The van der Waals surface area contributed by atoms with Crippen molar-refractivity contribution in [3.05, 3.63) is 48.6 Å². The van der Waals surface area contributed by atoms with Crippen LogP contribution in [0.5, 0.6) is 0 Å². The Morgan fingerprint density at radius 2 is 0.434 bits per heavy atom. The zero-order valence-electron chi connectivity index (χ0n) is 56.0. The van der Waals surface area contributed by atoms with Crippen LogP contribution in [0.2, 0.25) is 0 Å². The molecule has 0 heterocycles. The fourth-order valence-corrected chi connectivity index (χ4v) is 11.2. The second-order valence-electron chi connectivity index (χ2n) is 25.2. The van der Waals surface area contributed by atoms with Gasteiger partial charge >= 0.3 is 17.9 Å².